The van der Waals surface area contributed by atoms with E-state index in [1.165, 1.54) is 16.4 Å². The Morgan fingerprint density at radius 2 is 2.00 bits per heavy atom. The number of piperidine rings is 1. The maximum Gasteiger partial charge on any atom is 0.251 e. The molecule has 1 aromatic rings. The molecule has 0 saturated carbocycles. The number of carbonyl (C=O) groups is 2. The summed E-state index contributed by atoms with van der Waals surface area (Å²) >= 11 is 0. The summed E-state index contributed by atoms with van der Waals surface area (Å²) in [6, 6.07) is 6.12. The summed E-state index contributed by atoms with van der Waals surface area (Å²) in [6.45, 7) is 6.20. The smallest absolute Gasteiger partial charge is 0.251 e. The van der Waals surface area contributed by atoms with Crippen LogP contribution in [-0.4, -0.2) is 74.9 Å². The number of benzene rings is 1. The molecule has 2 amide bonds. The summed E-state index contributed by atoms with van der Waals surface area (Å²) in [5.74, 6) is -0.193. The molecule has 9 heteroatoms. The van der Waals surface area contributed by atoms with Crippen LogP contribution >= 0.6 is 0 Å². The van der Waals surface area contributed by atoms with Crippen molar-refractivity contribution in [1.29, 1.82) is 0 Å². The Balaban J connectivity index is 1.64. The van der Waals surface area contributed by atoms with Gasteiger partial charge in [-0.1, -0.05) is 19.9 Å². The van der Waals surface area contributed by atoms with Crippen molar-refractivity contribution in [2.75, 3.05) is 39.4 Å². The fraction of sp³-hybridized carbons (Fsp3) is 0.619. The molecule has 30 heavy (non-hydrogen) atoms. The van der Waals surface area contributed by atoms with Crippen molar-refractivity contribution in [2.45, 2.75) is 44.0 Å². The van der Waals surface area contributed by atoms with Crippen LogP contribution in [0.1, 0.15) is 43.5 Å². The fourth-order valence-electron chi connectivity index (χ4n) is 4.34. The minimum atomic E-state index is -3.65. The Morgan fingerprint density at radius 1 is 1.23 bits per heavy atom. The third kappa shape index (κ3) is 4.84. The molecule has 0 unspecified atom stereocenters. The van der Waals surface area contributed by atoms with E-state index >= 15 is 0 Å². The van der Waals surface area contributed by atoms with E-state index in [2.05, 4.69) is 5.32 Å². The number of hydrogen-bond acceptors (Lipinski definition) is 5. The van der Waals surface area contributed by atoms with E-state index in [0.717, 1.165) is 19.3 Å². The van der Waals surface area contributed by atoms with Gasteiger partial charge in [0.15, 0.2) is 0 Å². The topological polar surface area (TPSA) is 96.0 Å². The number of nitrogens with one attached hydrogen (secondary N) is 1. The van der Waals surface area contributed by atoms with E-state index in [0.29, 0.717) is 38.8 Å². The van der Waals surface area contributed by atoms with Crippen molar-refractivity contribution in [3.05, 3.63) is 29.8 Å². The zero-order valence-electron chi connectivity index (χ0n) is 17.7. The van der Waals surface area contributed by atoms with Gasteiger partial charge in [0, 0.05) is 43.8 Å². The maximum atomic E-state index is 12.7. The molecule has 166 valence electrons. The normalized spacial score (nSPS) is 21.9. The van der Waals surface area contributed by atoms with Crippen molar-refractivity contribution < 1.29 is 22.7 Å². The Morgan fingerprint density at radius 3 is 2.73 bits per heavy atom. The Bertz CT molecular complexity index is 867. The molecule has 8 nitrogen and oxygen atoms in total. The highest BCUT2D eigenvalue weighted by Gasteiger charge is 2.36. The molecule has 2 aliphatic heterocycles. The molecule has 0 spiro atoms. The van der Waals surface area contributed by atoms with Crippen molar-refractivity contribution in [3.63, 3.8) is 0 Å². The van der Waals surface area contributed by atoms with Gasteiger partial charge in [-0.3, -0.25) is 9.59 Å². The lowest BCUT2D eigenvalue weighted by atomic mass is 9.86. The minimum Gasteiger partial charge on any atom is -0.381 e. The highest BCUT2D eigenvalue weighted by atomic mass is 32.2. The van der Waals surface area contributed by atoms with Gasteiger partial charge in [-0.2, -0.15) is 4.31 Å². The molecular weight excluding hydrogens is 406 g/mol. The number of rotatable bonds is 7. The number of nitrogens with zero attached hydrogens (tertiary/aromatic N) is 2. The number of carbonyl (C=O) groups excluding carboxylic acids is 2. The molecule has 1 aromatic carbocycles. The number of amides is 2. The first-order valence-corrected chi connectivity index (χ1v) is 12.1. The van der Waals surface area contributed by atoms with Crippen LogP contribution < -0.4 is 5.32 Å². The largest absolute Gasteiger partial charge is 0.381 e. The lowest BCUT2D eigenvalue weighted by Gasteiger charge is -2.43. The summed E-state index contributed by atoms with van der Waals surface area (Å²) in [6.07, 6.45) is 2.83. The molecule has 0 aromatic heterocycles. The average Bonchev–Trinajstić information content (AvgIpc) is 2.77. The highest BCUT2D eigenvalue weighted by Crippen LogP contribution is 2.29. The summed E-state index contributed by atoms with van der Waals surface area (Å²) in [7, 11) is -3.65. The monoisotopic (exact) mass is 437 g/mol. The first-order valence-electron chi connectivity index (χ1n) is 10.6. The molecule has 2 fully saturated rings. The van der Waals surface area contributed by atoms with E-state index < -0.39 is 15.9 Å². The summed E-state index contributed by atoms with van der Waals surface area (Å²) < 4.78 is 32.3. The van der Waals surface area contributed by atoms with Gasteiger partial charge in [0.2, 0.25) is 15.9 Å². The summed E-state index contributed by atoms with van der Waals surface area (Å²) in [5.41, 5.74) is 0.221. The second-order valence-electron chi connectivity index (χ2n) is 7.72. The number of ether oxygens (including phenoxy) is 1. The van der Waals surface area contributed by atoms with E-state index in [1.807, 2.05) is 4.90 Å². The third-order valence-electron chi connectivity index (χ3n) is 5.97. The molecular formula is C21H31N3O5S. The van der Waals surface area contributed by atoms with Crippen LogP contribution in [0.4, 0.5) is 0 Å². The van der Waals surface area contributed by atoms with Crippen molar-refractivity contribution in [1.82, 2.24) is 14.5 Å². The first-order chi connectivity index (χ1) is 14.4. The van der Waals surface area contributed by atoms with E-state index in [4.69, 9.17) is 4.74 Å². The second kappa shape index (κ2) is 9.89. The lowest BCUT2D eigenvalue weighted by Crippen LogP contribution is -2.54. The van der Waals surface area contributed by atoms with Crippen LogP contribution in [0, 0.1) is 5.92 Å². The first kappa shape index (κ1) is 22.7. The van der Waals surface area contributed by atoms with Gasteiger partial charge in [-0.15, -0.1) is 0 Å². The molecule has 2 saturated heterocycles. The molecule has 0 aliphatic carbocycles. The molecule has 2 atom stereocenters. The number of hydrogen-bond donors (Lipinski definition) is 1. The van der Waals surface area contributed by atoms with Gasteiger partial charge < -0.3 is 15.0 Å². The predicted molar refractivity (Wildman–Crippen MR) is 113 cm³/mol. The van der Waals surface area contributed by atoms with Crippen LogP contribution in [0.15, 0.2) is 29.2 Å². The Kier molecular flexibility index (Phi) is 7.49. The number of sulfonamides is 1. The molecule has 2 heterocycles. The standard InChI is InChI=1S/C21H31N3O5S/c1-3-23(4-2)30(27,28)18-9-5-7-16(13-18)21(26)22-14-20(25)24-11-6-8-17-15-29-12-10-19(17)24/h5,7,9,13,17,19H,3-4,6,8,10-12,14-15H2,1-2H3,(H,22,26)/t17-,19+/m0/s1. The Labute approximate surface area is 178 Å². The van der Waals surface area contributed by atoms with Crippen LogP contribution in [-0.2, 0) is 19.6 Å². The minimum absolute atomic E-state index is 0.0752. The summed E-state index contributed by atoms with van der Waals surface area (Å²) in [5, 5.41) is 2.66. The van der Waals surface area contributed by atoms with E-state index in [1.54, 1.807) is 26.0 Å². The van der Waals surface area contributed by atoms with Crippen LogP contribution in [0.5, 0.6) is 0 Å². The third-order valence-corrected chi connectivity index (χ3v) is 8.01. The zero-order valence-corrected chi connectivity index (χ0v) is 18.5. The quantitative estimate of drug-likeness (QED) is 0.697. The second-order valence-corrected chi connectivity index (χ2v) is 9.66. The molecule has 2 aliphatic rings. The van der Waals surface area contributed by atoms with E-state index in [9.17, 15) is 18.0 Å². The van der Waals surface area contributed by atoms with Gasteiger partial charge in [-0.05, 0) is 37.5 Å². The number of likely N-dealkylation sites (tertiary alicyclic amines) is 1. The van der Waals surface area contributed by atoms with Gasteiger partial charge in [-0.25, -0.2) is 8.42 Å². The van der Waals surface area contributed by atoms with Gasteiger partial charge in [0.25, 0.3) is 5.91 Å². The zero-order chi connectivity index (χ0) is 21.7. The van der Waals surface area contributed by atoms with Gasteiger partial charge in [0.05, 0.1) is 18.0 Å². The fourth-order valence-corrected chi connectivity index (χ4v) is 5.85. The average molecular weight is 438 g/mol. The molecule has 3 rings (SSSR count). The van der Waals surface area contributed by atoms with Crippen LogP contribution in [0.2, 0.25) is 0 Å². The predicted octanol–water partition coefficient (Wildman–Crippen LogP) is 1.47. The van der Waals surface area contributed by atoms with Crippen molar-refractivity contribution in [3.8, 4) is 0 Å². The molecule has 0 radical (unpaired) electrons. The molecule has 0 bridgehead atoms. The van der Waals surface area contributed by atoms with Crippen molar-refractivity contribution in [2.24, 2.45) is 5.92 Å². The lowest BCUT2D eigenvalue weighted by molar-refractivity contribution is -0.139. The highest BCUT2D eigenvalue weighted by molar-refractivity contribution is 7.89. The van der Waals surface area contributed by atoms with Gasteiger partial charge in [0.1, 0.15) is 0 Å². The van der Waals surface area contributed by atoms with E-state index in [-0.39, 0.29) is 29.0 Å². The van der Waals surface area contributed by atoms with Crippen molar-refractivity contribution >= 4 is 21.8 Å². The van der Waals surface area contributed by atoms with Crippen LogP contribution in [0.25, 0.3) is 0 Å². The maximum absolute atomic E-state index is 12.7. The number of fused-ring (bicyclic) bond motifs is 1. The molecule has 1 N–H and O–H groups in total. The van der Waals surface area contributed by atoms with Gasteiger partial charge >= 0.3 is 0 Å². The van der Waals surface area contributed by atoms with Crippen LogP contribution in [0.3, 0.4) is 0 Å². The summed E-state index contributed by atoms with van der Waals surface area (Å²) in [4.78, 5) is 27.3. The Hall–Kier alpha value is -1.97. The SMILES string of the molecule is CCN(CC)S(=O)(=O)c1cccc(C(=O)NCC(=O)N2CCC[C@H]3COCC[C@H]32)c1.